The second kappa shape index (κ2) is 5.64. The van der Waals surface area contributed by atoms with Crippen LogP contribution in [0.25, 0.3) is 0 Å². The number of halogens is 2. The Balaban J connectivity index is 1.65. The van der Waals surface area contributed by atoms with E-state index in [-0.39, 0.29) is 5.82 Å². The van der Waals surface area contributed by atoms with Crippen LogP contribution in [0.2, 0.25) is 0 Å². The second-order valence-electron chi connectivity index (χ2n) is 4.01. The summed E-state index contributed by atoms with van der Waals surface area (Å²) in [6.07, 6.45) is 3.56. The summed E-state index contributed by atoms with van der Waals surface area (Å²) in [5.74, 6) is 0.306. The Kier molecular flexibility index (Phi) is 4.18. The molecule has 0 aromatic heterocycles. The minimum Gasteiger partial charge on any atom is -0.493 e. The predicted molar refractivity (Wildman–Crippen MR) is 65.2 cm³/mol. The summed E-state index contributed by atoms with van der Waals surface area (Å²) in [4.78, 5) is 0. The smallest absolute Gasteiger partial charge is 0.141 e. The summed E-state index contributed by atoms with van der Waals surface area (Å²) < 4.78 is 19.0. The Labute approximate surface area is 103 Å². The van der Waals surface area contributed by atoms with Crippen LogP contribution in [0.5, 0.6) is 5.75 Å². The van der Waals surface area contributed by atoms with E-state index in [2.05, 4.69) is 21.2 Å². The molecule has 0 saturated heterocycles. The molecular formula is C12H15BrFNO. The van der Waals surface area contributed by atoms with Crippen molar-refractivity contribution in [2.75, 3.05) is 13.2 Å². The molecule has 0 amide bonds. The van der Waals surface area contributed by atoms with Crippen molar-refractivity contribution in [3.05, 3.63) is 28.5 Å². The van der Waals surface area contributed by atoms with Crippen molar-refractivity contribution < 1.29 is 9.13 Å². The van der Waals surface area contributed by atoms with Crippen molar-refractivity contribution in [1.82, 2.24) is 5.32 Å². The Hall–Kier alpha value is -0.610. The molecule has 2 nitrogen and oxygen atoms in total. The van der Waals surface area contributed by atoms with Crippen LogP contribution < -0.4 is 10.1 Å². The molecule has 1 aromatic rings. The summed E-state index contributed by atoms with van der Waals surface area (Å²) >= 11 is 3.10. The molecule has 88 valence electrons. The molecule has 0 bridgehead atoms. The van der Waals surface area contributed by atoms with Gasteiger partial charge < -0.3 is 10.1 Å². The van der Waals surface area contributed by atoms with E-state index in [4.69, 9.17) is 4.74 Å². The van der Waals surface area contributed by atoms with Gasteiger partial charge in [-0.3, -0.25) is 0 Å². The maximum atomic E-state index is 13.1. The van der Waals surface area contributed by atoms with Crippen LogP contribution in [-0.2, 0) is 0 Å². The fraction of sp³-hybridized carbons (Fsp3) is 0.500. The van der Waals surface area contributed by atoms with Crippen LogP contribution in [0.3, 0.4) is 0 Å². The van der Waals surface area contributed by atoms with Crippen molar-refractivity contribution in [3.8, 4) is 5.75 Å². The number of ether oxygens (including phenoxy) is 1. The topological polar surface area (TPSA) is 21.3 Å². The van der Waals surface area contributed by atoms with E-state index >= 15 is 0 Å². The van der Waals surface area contributed by atoms with Gasteiger partial charge in [0, 0.05) is 12.1 Å². The zero-order valence-electron chi connectivity index (χ0n) is 9.01. The molecule has 1 saturated carbocycles. The second-order valence-corrected chi connectivity index (χ2v) is 4.86. The van der Waals surface area contributed by atoms with Gasteiger partial charge in [0.15, 0.2) is 0 Å². The number of hydrogen-bond donors (Lipinski definition) is 1. The van der Waals surface area contributed by atoms with Crippen molar-refractivity contribution in [3.63, 3.8) is 0 Å². The summed E-state index contributed by atoms with van der Waals surface area (Å²) in [5.41, 5.74) is 0. The zero-order chi connectivity index (χ0) is 11.4. The Morgan fingerprint density at radius 1 is 1.44 bits per heavy atom. The summed E-state index contributed by atoms with van der Waals surface area (Å²) in [6, 6.07) is 5.57. The third kappa shape index (κ3) is 3.76. The fourth-order valence-corrected chi connectivity index (χ4v) is 1.67. The summed E-state index contributed by atoms with van der Waals surface area (Å²) in [6.45, 7) is 1.60. The largest absolute Gasteiger partial charge is 0.493 e. The maximum Gasteiger partial charge on any atom is 0.141 e. The summed E-state index contributed by atoms with van der Waals surface area (Å²) in [7, 11) is 0. The first kappa shape index (κ1) is 11.9. The average molecular weight is 288 g/mol. The van der Waals surface area contributed by atoms with Gasteiger partial charge in [0.25, 0.3) is 0 Å². The lowest BCUT2D eigenvalue weighted by Crippen LogP contribution is -2.19. The average Bonchev–Trinajstić information content (AvgIpc) is 3.07. The molecule has 1 aromatic carbocycles. The van der Waals surface area contributed by atoms with Gasteiger partial charge in [0.1, 0.15) is 11.6 Å². The number of rotatable bonds is 6. The van der Waals surface area contributed by atoms with Gasteiger partial charge in [-0.05, 0) is 53.9 Å². The molecule has 0 aliphatic heterocycles. The van der Waals surface area contributed by atoms with E-state index < -0.39 is 0 Å². The van der Waals surface area contributed by atoms with E-state index in [0.29, 0.717) is 16.8 Å². The number of nitrogens with one attached hydrogen (secondary N) is 1. The number of benzene rings is 1. The predicted octanol–water partition coefficient (Wildman–Crippen LogP) is 3.11. The van der Waals surface area contributed by atoms with Crippen LogP contribution in [0.4, 0.5) is 4.39 Å². The molecule has 1 aliphatic carbocycles. The standard InChI is InChI=1S/C12H15BrFNO/c13-11-5-4-10(8-12(11)14)16-7-1-6-15-9-2-3-9/h4-5,8-9,15H,1-3,6-7H2. The first-order valence-electron chi connectivity index (χ1n) is 5.57. The van der Waals surface area contributed by atoms with Crippen molar-refractivity contribution in [1.29, 1.82) is 0 Å². The van der Waals surface area contributed by atoms with Crippen LogP contribution >= 0.6 is 15.9 Å². The normalized spacial score (nSPS) is 15.1. The summed E-state index contributed by atoms with van der Waals surface area (Å²) in [5, 5.41) is 3.40. The molecule has 0 radical (unpaired) electrons. The van der Waals surface area contributed by atoms with E-state index in [1.54, 1.807) is 12.1 Å². The number of hydrogen-bond acceptors (Lipinski definition) is 2. The molecule has 4 heteroatoms. The van der Waals surface area contributed by atoms with E-state index in [9.17, 15) is 4.39 Å². The molecule has 0 unspecified atom stereocenters. The molecule has 0 heterocycles. The molecular weight excluding hydrogens is 273 g/mol. The lowest BCUT2D eigenvalue weighted by Gasteiger charge is -2.07. The lowest BCUT2D eigenvalue weighted by atomic mass is 10.3. The van der Waals surface area contributed by atoms with Gasteiger partial charge in [0.05, 0.1) is 11.1 Å². The van der Waals surface area contributed by atoms with Gasteiger partial charge in [0.2, 0.25) is 0 Å². The van der Waals surface area contributed by atoms with E-state index in [1.165, 1.54) is 18.9 Å². The monoisotopic (exact) mass is 287 g/mol. The molecule has 1 aliphatic rings. The van der Waals surface area contributed by atoms with Crippen molar-refractivity contribution in [2.45, 2.75) is 25.3 Å². The van der Waals surface area contributed by atoms with Crippen molar-refractivity contribution in [2.24, 2.45) is 0 Å². The highest BCUT2D eigenvalue weighted by molar-refractivity contribution is 9.10. The molecule has 0 spiro atoms. The van der Waals surface area contributed by atoms with Crippen LogP contribution in [0.1, 0.15) is 19.3 Å². The Morgan fingerprint density at radius 2 is 2.25 bits per heavy atom. The van der Waals surface area contributed by atoms with E-state index in [1.807, 2.05) is 0 Å². The van der Waals surface area contributed by atoms with E-state index in [0.717, 1.165) is 19.0 Å². The first-order valence-corrected chi connectivity index (χ1v) is 6.36. The lowest BCUT2D eigenvalue weighted by molar-refractivity contribution is 0.306. The SMILES string of the molecule is Fc1cc(OCCCNC2CC2)ccc1Br. The maximum absolute atomic E-state index is 13.1. The third-order valence-corrected chi connectivity index (χ3v) is 3.13. The van der Waals surface area contributed by atoms with Gasteiger partial charge >= 0.3 is 0 Å². The molecule has 1 N–H and O–H groups in total. The highest BCUT2D eigenvalue weighted by Gasteiger charge is 2.19. The van der Waals surface area contributed by atoms with Gasteiger partial charge in [-0.25, -0.2) is 4.39 Å². The minimum absolute atomic E-state index is 0.284. The highest BCUT2D eigenvalue weighted by atomic mass is 79.9. The third-order valence-electron chi connectivity index (χ3n) is 2.49. The highest BCUT2D eigenvalue weighted by Crippen LogP contribution is 2.21. The van der Waals surface area contributed by atoms with Gasteiger partial charge in [-0.2, -0.15) is 0 Å². The van der Waals surface area contributed by atoms with Crippen LogP contribution in [-0.4, -0.2) is 19.2 Å². The van der Waals surface area contributed by atoms with Crippen LogP contribution in [0, 0.1) is 5.82 Å². The molecule has 16 heavy (non-hydrogen) atoms. The fourth-order valence-electron chi connectivity index (χ4n) is 1.42. The first-order chi connectivity index (χ1) is 7.75. The minimum atomic E-state index is -0.284. The zero-order valence-corrected chi connectivity index (χ0v) is 10.6. The quantitative estimate of drug-likeness (QED) is 0.812. The Morgan fingerprint density at radius 3 is 2.94 bits per heavy atom. The molecule has 0 atom stereocenters. The van der Waals surface area contributed by atoms with Gasteiger partial charge in [-0.1, -0.05) is 0 Å². The van der Waals surface area contributed by atoms with Crippen LogP contribution in [0.15, 0.2) is 22.7 Å². The molecule has 1 fully saturated rings. The Bertz CT molecular complexity index is 355. The van der Waals surface area contributed by atoms with Gasteiger partial charge in [-0.15, -0.1) is 0 Å². The molecule has 2 rings (SSSR count). The van der Waals surface area contributed by atoms with Crippen molar-refractivity contribution >= 4 is 15.9 Å².